The molecule has 0 fully saturated rings. The molecule has 4 nitrogen and oxygen atoms in total. The average Bonchev–Trinajstić information content (AvgIpc) is 2.44. The topological polar surface area (TPSA) is 42.7 Å². The van der Waals surface area contributed by atoms with Crippen molar-refractivity contribution < 1.29 is 13.2 Å². The standard InChI is InChI=1S/C7H11F3N4/c1-14-5-12-6(13-14)4-11-3-2-7(8,9)10/h5,11H,2-4H2,1H3. The fourth-order valence-electron chi connectivity index (χ4n) is 0.895. The number of halogens is 3. The van der Waals surface area contributed by atoms with E-state index < -0.39 is 12.6 Å². The van der Waals surface area contributed by atoms with Crippen molar-refractivity contribution in [2.24, 2.45) is 7.05 Å². The molecule has 7 heteroatoms. The van der Waals surface area contributed by atoms with E-state index >= 15 is 0 Å². The van der Waals surface area contributed by atoms with Gasteiger partial charge in [-0.1, -0.05) is 0 Å². The Kier molecular flexibility index (Phi) is 3.45. The lowest BCUT2D eigenvalue weighted by Gasteiger charge is -2.05. The maximum atomic E-state index is 11.7. The van der Waals surface area contributed by atoms with Gasteiger partial charge in [0.05, 0.1) is 13.0 Å². The molecule has 0 spiro atoms. The summed E-state index contributed by atoms with van der Waals surface area (Å²) in [5.41, 5.74) is 0. The first-order chi connectivity index (χ1) is 6.47. The van der Waals surface area contributed by atoms with Crippen molar-refractivity contribution in [3.8, 4) is 0 Å². The predicted octanol–water partition coefficient (Wildman–Crippen LogP) is 0.857. The van der Waals surface area contributed by atoms with Crippen LogP contribution in [0.15, 0.2) is 6.33 Å². The molecule has 0 aliphatic heterocycles. The molecule has 1 aromatic rings. The first-order valence-electron chi connectivity index (χ1n) is 4.09. The third-order valence-electron chi connectivity index (χ3n) is 1.52. The van der Waals surface area contributed by atoms with Gasteiger partial charge < -0.3 is 5.32 Å². The second-order valence-electron chi connectivity index (χ2n) is 2.88. The van der Waals surface area contributed by atoms with Crippen LogP contribution in [-0.2, 0) is 13.6 Å². The van der Waals surface area contributed by atoms with Gasteiger partial charge in [-0.3, -0.25) is 4.68 Å². The zero-order valence-electron chi connectivity index (χ0n) is 7.67. The van der Waals surface area contributed by atoms with Crippen LogP contribution in [0.25, 0.3) is 0 Å². The SMILES string of the molecule is Cn1cnc(CNCCC(F)(F)F)n1. The van der Waals surface area contributed by atoms with Gasteiger partial charge in [0.15, 0.2) is 5.82 Å². The number of alkyl halides is 3. The predicted molar refractivity (Wildman–Crippen MR) is 43.4 cm³/mol. The van der Waals surface area contributed by atoms with Crippen LogP contribution in [0.3, 0.4) is 0 Å². The summed E-state index contributed by atoms with van der Waals surface area (Å²) in [6.45, 7) is 0.151. The van der Waals surface area contributed by atoms with Crippen LogP contribution < -0.4 is 5.32 Å². The Balaban J connectivity index is 2.16. The van der Waals surface area contributed by atoms with Crippen molar-refractivity contribution in [3.63, 3.8) is 0 Å². The highest BCUT2D eigenvalue weighted by Gasteiger charge is 2.25. The van der Waals surface area contributed by atoms with Crippen LogP contribution in [0, 0.1) is 0 Å². The van der Waals surface area contributed by atoms with Gasteiger partial charge >= 0.3 is 6.18 Å². The van der Waals surface area contributed by atoms with E-state index in [0.29, 0.717) is 5.82 Å². The maximum absolute atomic E-state index is 11.7. The normalized spacial score (nSPS) is 12.0. The molecule has 14 heavy (non-hydrogen) atoms. The summed E-state index contributed by atoms with van der Waals surface area (Å²) in [7, 11) is 1.70. The van der Waals surface area contributed by atoms with Crippen LogP contribution in [-0.4, -0.2) is 27.5 Å². The van der Waals surface area contributed by atoms with Gasteiger partial charge in [0.1, 0.15) is 6.33 Å². The molecule has 0 saturated carbocycles. The molecule has 0 unspecified atom stereocenters. The van der Waals surface area contributed by atoms with Crippen molar-refractivity contribution in [1.29, 1.82) is 0 Å². The van der Waals surface area contributed by atoms with E-state index in [2.05, 4.69) is 15.4 Å². The van der Waals surface area contributed by atoms with Gasteiger partial charge in [0.25, 0.3) is 0 Å². The van der Waals surface area contributed by atoms with Gasteiger partial charge in [-0.25, -0.2) is 4.98 Å². The zero-order valence-corrected chi connectivity index (χ0v) is 7.67. The summed E-state index contributed by atoms with van der Waals surface area (Å²) in [5.74, 6) is 0.495. The number of nitrogens with zero attached hydrogens (tertiary/aromatic N) is 3. The Labute approximate surface area is 79.1 Å². The minimum atomic E-state index is -4.11. The smallest absolute Gasteiger partial charge is 0.309 e. The molecule has 0 saturated heterocycles. The molecule has 0 atom stereocenters. The number of rotatable bonds is 4. The van der Waals surface area contributed by atoms with E-state index in [0.717, 1.165) is 0 Å². The number of nitrogens with one attached hydrogen (secondary N) is 1. The minimum Gasteiger partial charge on any atom is -0.309 e. The highest BCUT2D eigenvalue weighted by atomic mass is 19.4. The van der Waals surface area contributed by atoms with Gasteiger partial charge in [-0.15, -0.1) is 0 Å². The highest BCUT2D eigenvalue weighted by molar-refractivity contribution is 4.79. The largest absolute Gasteiger partial charge is 0.390 e. The molecule has 0 aromatic carbocycles. The molecule has 0 radical (unpaired) electrons. The zero-order chi connectivity index (χ0) is 10.6. The van der Waals surface area contributed by atoms with Crippen molar-refractivity contribution >= 4 is 0 Å². The van der Waals surface area contributed by atoms with Crippen LogP contribution in [0.2, 0.25) is 0 Å². The third-order valence-corrected chi connectivity index (χ3v) is 1.52. The summed E-state index contributed by atoms with van der Waals surface area (Å²) in [4.78, 5) is 3.86. The number of hydrogen-bond donors (Lipinski definition) is 1. The van der Waals surface area contributed by atoms with Crippen LogP contribution in [0.4, 0.5) is 13.2 Å². The van der Waals surface area contributed by atoms with Crippen molar-refractivity contribution in [2.75, 3.05) is 6.54 Å². The molecule has 0 aliphatic carbocycles. The quantitative estimate of drug-likeness (QED) is 0.746. The molecular weight excluding hydrogens is 197 g/mol. The van der Waals surface area contributed by atoms with Crippen molar-refractivity contribution in [2.45, 2.75) is 19.1 Å². The van der Waals surface area contributed by atoms with E-state index in [1.165, 1.54) is 11.0 Å². The van der Waals surface area contributed by atoms with Crippen LogP contribution >= 0.6 is 0 Å². The lowest BCUT2D eigenvalue weighted by Crippen LogP contribution is -2.21. The van der Waals surface area contributed by atoms with E-state index in [4.69, 9.17) is 0 Å². The molecule has 0 aliphatic rings. The van der Waals surface area contributed by atoms with Crippen LogP contribution in [0.1, 0.15) is 12.2 Å². The summed E-state index contributed by atoms with van der Waals surface area (Å²) < 4.78 is 36.6. The molecule has 1 aromatic heterocycles. The molecule has 1 heterocycles. The number of aromatic nitrogens is 3. The van der Waals surface area contributed by atoms with Gasteiger partial charge in [-0.2, -0.15) is 18.3 Å². The molecular formula is C7H11F3N4. The molecule has 1 rings (SSSR count). The monoisotopic (exact) mass is 208 g/mol. The van der Waals surface area contributed by atoms with Gasteiger partial charge in [0.2, 0.25) is 0 Å². The van der Waals surface area contributed by atoms with Gasteiger partial charge in [-0.05, 0) is 0 Å². The highest BCUT2D eigenvalue weighted by Crippen LogP contribution is 2.18. The lowest BCUT2D eigenvalue weighted by atomic mass is 10.4. The fraction of sp³-hybridized carbons (Fsp3) is 0.714. The minimum absolute atomic E-state index is 0.109. The fourth-order valence-corrected chi connectivity index (χ4v) is 0.895. The Morgan fingerprint density at radius 1 is 1.50 bits per heavy atom. The summed E-state index contributed by atoms with van der Waals surface area (Å²) in [6, 6.07) is 0. The maximum Gasteiger partial charge on any atom is 0.390 e. The summed E-state index contributed by atoms with van der Waals surface area (Å²) in [5, 5.41) is 6.52. The number of aryl methyl sites for hydroxylation is 1. The Bertz CT molecular complexity index is 281. The second-order valence-corrected chi connectivity index (χ2v) is 2.88. The molecule has 0 amide bonds. The van der Waals surface area contributed by atoms with Gasteiger partial charge in [0, 0.05) is 13.6 Å². The molecule has 80 valence electrons. The first kappa shape index (κ1) is 11.0. The summed E-state index contributed by atoms with van der Waals surface area (Å²) >= 11 is 0. The van der Waals surface area contributed by atoms with Crippen molar-refractivity contribution in [1.82, 2.24) is 20.1 Å². The van der Waals surface area contributed by atoms with E-state index in [1.807, 2.05) is 0 Å². The third kappa shape index (κ3) is 4.22. The number of hydrogen-bond acceptors (Lipinski definition) is 3. The Morgan fingerprint density at radius 3 is 2.71 bits per heavy atom. The Hall–Kier alpha value is -1.11. The molecule has 1 N–H and O–H groups in total. The summed E-state index contributed by atoms with van der Waals surface area (Å²) in [6.07, 6.45) is -3.44. The second kappa shape index (κ2) is 4.41. The Morgan fingerprint density at radius 2 is 2.21 bits per heavy atom. The van der Waals surface area contributed by atoms with E-state index in [-0.39, 0.29) is 13.1 Å². The molecule has 0 bridgehead atoms. The lowest BCUT2D eigenvalue weighted by molar-refractivity contribution is -0.133. The van der Waals surface area contributed by atoms with E-state index in [1.54, 1.807) is 7.05 Å². The van der Waals surface area contributed by atoms with Crippen molar-refractivity contribution in [3.05, 3.63) is 12.2 Å². The van der Waals surface area contributed by atoms with E-state index in [9.17, 15) is 13.2 Å². The first-order valence-corrected chi connectivity index (χ1v) is 4.09. The van der Waals surface area contributed by atoms with Crippen LogP contribution in [0.5, 0.6) is 0 Å². The average molecular weight is 208 g/mol.